The van der Waals surface area contributed by atoms with Gasteiger partial charge in [0.15, 0.2) is 0 Å². The number of hydrogen-bond donors (Lipinski definition) is 1. The van der Waals surface area contributed by atoms with E-state index in [2.05, 4.69) is 15.2 Å². The molecule has 10 heteroatoms. The number of carbonyl (C=O) groups is 1. The molecule has 1 saturated heterocycles. The van der Waals surface area contributed by atoms with E-state index in [9.17, 15) is 22.4 Å². The molecule has 1 N–H and O–H groups in total. The standard InChI is InChI=1S/C22H22F4N4OS/c23-16-4-7-18-19(12-16)32-21(28-18)14-30-9-1-8-29(10-11-30)13-20(31)27-17-5-2-15(3-6-17)22(24,25)26/h2-7,12H,1,8-11,13-14H2,(H,27,31). The molecule has 1 aromatic heterocycles. The molecule has 4 rings (SSSR count). The lowest BCUT2D eigenvalue weighted by molar-refractivity contribution is -0.137. The van der Waals surface area contributed by atoms with Crippen molar-refractivity contribution in [1.82, 2.24) is 14.8 Å². The predicted molar refractivity (Wildman–Crippen MR) is 116 cm³/mol. The number of amides is 1. The third-order valence-electron chi connectivity index (χ3n) is 5.30. The summed E-state index contributed by atoms with van der Waals surface area (Å²) >= 11 is 1.49. The molecule has 0 spiro atoms. The maximum atomic E-state index is 13.4. The molecule has 1 fully saturated rings. The summed E-state index contributed by atoms with van der Waals surface area (Å²) in [5.41, 5.74) is 0.385. The number of carbonyl (C=O) groups excluding carboxylic acids is 1. The average Bonchev–Trinajstić information content (AvgIpc) is 2.99. The zero-order valence-corrected chi connectivity index (χ0v) is 18.0. The summed E-state index contributed by atoms with van der Waals surface area (Å²) in [5.74, 6) is -0.529. The average molecular weight is 467 g/mol. The largest absolute Gasteiger partial charge is 0.416 e. The smallest absolute Gasteiger partial charge is 0.325 e. The van der Waals surface area contributed by atoms with Gasteiger partial charge in [-0.3, -0.25) is 14.6 Å². The molecule has 2 aromatic carbocycles. The Morgan fingerprint density at radius 2 is 1.75 bits per heavy atom. The minimum Gasteiger partial charge on any atom is -0.325 e. The van der Waals surface area contributed by atoms with Crippen LogP contribution in [-0.2, 0) is 17.5 Å². The van der Waals surface area contributed by atoms with Crippen molar-refractivity contribution in [2.45, 2.75) is 19.1 Å². The van der Waals surface area contributed by atoms with Crippen molar-refractivity contribution in [1.29, 1.82) is 0 Å². The normalized spacial score (nSPS) is 16.2. The van der Waals surface area contributed by atoms with Crippen molar-refractivity contribution >= 4 is 33.1 Å². The fourth-order valence-electron chi connectivity index (χ4n) is 3.69. The van der Waals surface area contributed by atoms with Gasteiger partial charge in [0.05, 0.1) is 28.9 Å². The molecule has 1 amide bonds. The first-order chi connectivity index (χ1) is 15.3. The lowest BCUT2D eigenvalue weighted by atomic mass is 10.2. The first-order valence-corrected chi connectivity index (χ1v) is 11.0. The Labute approximate surface area is 186 Å². The van der Waals surface area contributed by atoms with Crippen LogP contribution >= 0.6 is 11.3 Å². The van der Waals surface area contributed by atoms with Crippen LogP contribution in [0.5, 0.6) is 0 Å². The molecule has 0 saturated carbocycles. The Bertz CT molecular complexity index is 1080. The fraction of sp³-hybridized carbons (Fsp3) is 0.364. The summed E-state index contributed by atoms with van der Waals surface area (Å²) in [4.78, 5) is 21.2. The van der Waals surface area contributed by atoms with Gasteiger partial charge in [-0.1, -0.05) is 0 Å². The second-order valence-corrected chi connectivity index (χ2v) is 8.86. The van der Waals surface area contributed by atoms with Gasteiger partial charge in [-0.2, -0.15) is 13.2 Å². The van der Waals surface area contributed by atoms with Gasteiger partial charge in [0.2, 0.25) is 5.91 Å². The van der Waals surface area contributed by atoms with E-state index in [1.165, 1.54) is 35.6 Å². The zero-order valence-electron chi connectivity index (χ0n) is 17.2. The molecule has 0 atom stereocenters. The van der Waals surface area contributed by atoms with E-state index in [0.717, 1.165) is 53.4 Å². The molecule has 170 valence electrons. The molecule has 0 aliphatic carbocycles. The number of rotatable bonds is 5. The number of nitrogens with one attached hydrogen (secondary N) is 1. The van der Waals surface area contributed by atoms with Gasteiger partial charge >= 0.3 is 6.18 Å². The van der Waals surface area contributed by atoms with Crippen LogP contribution in [0.3, 0.4) is 0 Å². The monoisotopic (exact) mass is 466 g/mol. The topological polar surface area (TPSA) is 48.5 Å². The summed E-state index contributed by atoms with van der Waals surface area (Å²) in [7, 11) is 0. The van der Waals surface area contributed by atoms with Crippen LogP contribution in [0.25, 0.3) is 10.2 Å². The second-order valence-electron chi connectivity index (χ2n) is 7.75. The molecule has 2 heterocycles. The van der Waals surface area contributed by atoms with Crippen molar-refractivity contribution in [3.05, 3.63) is 58.9 Å². The van der Waals surface area contributed by atoms with E-state index in [1.54, 1.807) is 6.07 Å². The molecule has 0 bridgehead atoms. The van der Waals surface area contributed by atoms with Crippen molar-refractivity contribution in [2.75, 3.05) is 38.0 Å². The van der Waals surface area contributed by atoms with Crippen molar-refractivity contribution in [3.8, 4) is 0 Å². The minimum atomic E-state index is -4.40. The van der Waals surface area contributed by atoms with Crippen molar-refractivity contribution in [3.63, 3.8) is 0 Å². The lowest BCUT2D eigenvalue weighted by Gasteiger charge is -2.20. The van der Waals surface area contributed by atoms with Crippen LogP contribution in [0.15, 0.2) is 42.5 Å². The zero-order chi connectivity index (χ0) is 22.7. The molecule has 5 nitrogen and oxygen atoms in total. The highest BCUT2D eigenvalue weighted by Crippen LogP contribution is 2.30. The van der Waals surface area contributed by atoms with E-state index >= 15 is 0 Å². The Morgan fingerprint density at radius 1 is 1.03 bits per heavy atom. The van der Waals surface area contributed by atoms with Crippen LogP contribution < -0.4 is 5.32 Å². The van der Waals surface area contributed by atoms with Crippen LogP contribution in [0.2, 0.25) is 0 Å². The van der Waals surface area contributed by atoms with Crippen molar-refractivity contribution in [2.24, 2.45) is 0 Å². The van der Waals surface area contributed by atoms with E-state index in [-0.39, 0.29) is 18.3 Å². The summed E-state index contributed by atoms with van der Waals surface area (Å²) in [6.45, 7) is 3.92. The number of alkyl halides is 3. The minimum absolute atomic E-state index is 0.176. The number of benzene rings is 2. The highest BCUT2D eigenvalue weighted by Gasteiger charge is 2.30. The summed E-state index contributed by atoms with van der Waals surface area (Å²) < 4.78 is 52.2. The Balaban J connectivity index is 1.27. The highest BCUT2D eigenvalue weighted by atomic mass is 32.1. The maximum Gasteiger partial charge on any atom is 0.416 e. The number of anilines is 1. The molecule has 1 aliphatic heterocycles. The van der Waals surface area contributed by atoms with Gasteiger partial charge in [-0.15, -0.1) is 11.3 Å². The number of halogens is 4. The number of thiazole rings is 1. The van der Waals surface area contributed by atoms with Gasteiger partial charge in [-0.05, 0) is 62.0 Å². The number of fused-ring (bicyclic) bond motifs is 1. The molecular weight excluding hydrogens is 444 g/mol. The van der Waals surface area contributed by atoms with Crippen molar-refractivity contribution < 1.29 is 22.4 Å². The number of aromatic nitrogens is 1. The summed E-state index contributed by atoms with van der Waals surface area (Å²) in [6.07, 6.45) is -3.52. The van der Waals surface area contributed by atoms with Crippen LogP contribution in [-0.4, -0.2) is 53.4 Å². The third-order valence-corrected chi connectivity index (χ3v) is 6.30. The Morgan fingerprint density at radius 3 is 2.50 bits per heavy atom. The van der Waals surface area contributed by atoms with E-state index in [4.69, 9.17) is 0 Å². The molecule has 3 aromatic rings. The summed E-state index contributed by atoms with van der Waals surface area (Å²) in [5, 5.41) is 3.59. The Hall–Kier alpha value is -2.56. The molecule has 1 aliphatic rings. The van der Waals surface area contributed by atoms with Gasteiger partial charge in [-0.25, -0.2) is 9.37 Å². The van der Waals surface area contributed by atoms with Gasteiger partial charge in [0, 0.05) is 18.8 Å². The van der Waals surface area contributed by atoms with Gasteiger partial charge in [0.1, 0.15) is 10.8 Å². The third kappa shape index (κ3) is 5.81. The lowest BCUT2D eigenvalue weighted by Crippen LogP contribution is -2.36. The first-order valence-electron chi connectivity index (χ1n) is 10.2. The fourth-order valence-corrected chi connectivity index (χ4v) is 4.73. The van der Waals surface area contributed by atoms with Crippen LogP contribution in [0, 0.1) is 5.82 Å². The first kappa shape index (κ1) is 22.6. The SMILES string of the molecule is O=C(CN1CCCN(Cc2nc3ccc(F)cc3s2)CC1)Nc1ccc(C(F)(F)F)cc1. The molecule has 32 heavy (non-hydrogen) atoms. The number of hydrogen-bond acceptors (Lipinski definition) is 5. The maximum absolute atomic E-state index is 13.4. The molecular formula is C22H22F4N4OS. The number of nitrogens with zero attached hydrogens (tertiary/aromatic N) is 3. The van der Waals surface area contributed by atoms with Crippen LogP contribution in [0.1, 0.15) is 17.0 Å². The van der Waals surface area contributed by atoms with Gasteiger partial charge < -0.3 is 5.32 Å². The Kier molecular flexibility index (Phi) is 6.73. The second kappa shape index (κ2) is 9.51. The molecule has 0 unspecified atom stereocenters. The summed E-state index contributed by atoms with van der Waals surface area (Å²) in [6, 6.07) is 9.01. The quantitative estimate of drug-likeness (QED) is 0.559. The van der Waals surface area contributed by atoms with Gasteiger partial charge in [0.25, 0.3) is 0 Å². The van der Waals surface area contributed by atoms with Crippen LogP contribution in [0.4, 0.5) is 23.2 Å². The van der Waals surface area contributed by atoms with E-state index in [1.807, 2.05) is 4.90 Å². The predicted octanol–water partition coefficient (Wildman–Crippen LogP) is 4.60. The van der Waals surface area contributed by atoms with E-state index in [0.29, 0.717) is 18.8 Å². The molecule has 0 radical (unpaired) electrons. The van der Waals surface area contributed by atoms with E-state index < -0.39 is 11.7 Å². The highest BCUT2D eigenvalue weighted by molar-refractivity contribution is 7.18.